The van der Waals surface area contributed by atoms with Gasteiger partial charge in [0.15, 0.2) is 0 Å². The molecule has 1 saturated heterocycles. The van der Waals surface area contributed by atoms with Crippen LogP contribution < -0.4 is 5.32 Å². The van der Waals surface area contributed by atoms with Crippen molar-refractivity contribution in [3.8, 4) is 0 Å². The average molecular weight is 187 g/mol. The topological polar surface area (TPSA) is 52.5 Å². The van der Waals surface area contributed by atoms with Crippen molar-refractivity contribution in [1.82, 2.24) is 5.32 Å². The largest absolute Gasteiger partial charge is 0.396 e. The minimum atomic E-state index is 0.100. The minimum absolute atomic E-state index is 0.100. The molecule has 0 bridgehead atoms. The van der Waals surface area contributed by atoms with Gasteiger partial charge in [-0.3, -0.25) is 0 Å². The minimum Gasteiger partial charge on any atom is -0.396 e. The van der Waals surface area contributed by atoms with Crippen molar-refractivity contribution in [3.63, 3.8) is 0 Å². The number of aliphatic hydroxyl groups excluding tert-OH is 2. The molecule has 3 N–H and O–H groups in total. The van der Waals surface area contributed by atoms with E-state index in [0.717, 1.165) is 19.5 Å². The van der Waals surface area contributed by atoms with Gasteiger partial charge in [0.25, 0.3) is 0 Å². The van der Waals surface area contributed by atoms with E-state index in [9.17, 15) is 0 Å². The molecule has 1 aliphatic rings. The Labute approximate surface area is 80.2 Å². The first-order valence-corrected chi connectivity index (χ1v) is 5.29. The zero-order chi connectivity index (χ0) is 9.52. The molecule has 1 heterocycles. The molecule has 3 nitrogen and oxygen atoms in total. The lowest BCUT2D eigenvalue weighted by Gasteiger charge is -2.18. The van der Waals surface area contributed by atoms with Crippen LogP contribution in [0.25, 0.3) is 0 Å². The number of hydrogen-bond acceptors (Lipinski definition) is 3. The molecule has 0 aliphatic carbocycles. The fourth-order valence-electron chi connectivity index (χ4n) is 2.01. The first kappa shape index (κ1) is 11.0. The third-order valence-corrected chi connectivity index (χ3v) is 2.88. The third-order valence-electron chi connectivity index (χ3n) is 2.88. The molecule has 1 fully saturated rings. The molecule has 3 heteroatoms. The predicted molar refractivity (Wildman–Crippen MR) is 52.5 cm³/mol. The van der Waals surface area contributed by atoms with Crippen LogP contribution >= 0.6 is 0 Å². The number of hydrogen-bond donors (Lipinski definition) is 3. The first-order valence-electron chi connectivity index (χ1n) is 5.29. The summed E-state index contributed by atoms with van der Waals surface area (Å²) in [7, 11) is 0. The highest BCUT2D eigenvalue weighted by Gasteiger charge is 2.16. The van der Waals surface area contributed by atoms with Gasteiger partial charge in [-0.1, -0.05) is 0 Å². The Morgan fingerprint density at radius 2 is 1.92 bits per heavy atom. The zero-order valence-electron chi connectivity index (χ0n) is 8.21. The second kappa shape index (κ2) is 6.35. The molecule has 0 amide bonds. The summed E-state index contributed by atoms with van der Waals surface area (Å²) in [6, 6.07) is 0. The van der Waals surface area contributed by atoms with Crippen molar-refractivity contribution < 1.29 is 10.2 Å². The van der Waals surface area contributed by atoms with E-state index in [1.54, 1.807) is 0 Å². The van der Waals surface area contributed by atoms with Crippen LogP contribution in [0.4, 0.5) is 0 Å². The molecule has 0 spiro atoms. The molecule has 1 aliphatic heterocycles. The highest BCUT2D eigenvalue weighted by molar-refractivity contribution is 4.70. The molecule has 1 unspecified atom stereocenters. The first-order chi connectivity index (χ1) is 6.36. The smallest absolute Gasteiger partial charge is 0.0481 e. The molecule has 0 radical (unpaired) electrons. The van der Waals surface area contributed by atoms with Gasteiger partial charge in [0.1, 0.15) is 0 Å². The van der Waals surface area contributed by atoms with Gasteiger partial charge in [-0.05, 0) is 44.7 Å². The molecule has 1 rings (SSSR count). The monoisotopic (exact) mass is 187 g/mol. The number of aliphatic hydroxyl groups is 2. The van der Waals surface area contributed by atoms with E-state index in [-0.39, 0.29) is 19.1 Å². The quantitative estimate of drug-likeness (QED) is 0.596. The van der Waals surface area contributed by atoms with Crippen LogP contribution in [-0.2, 0) is 0 Å². The van der Waals surface area contributed by atoms with Gasteiger partial charge >= 0.3 is 0 Å². The van der Waals surface area contributed by atoms with Crippen molar-refractivity contribution >= 4 is 0 Å². The fourth-order valence-corrected chi connectivity index (χ4v) is 2.01. The van der Waals surface area contributed by atoms with Crippen molar-refractivity contribution in [3.05, 3.63) is 0 Å². The fraction of sp³-hybridized carbons (Fsp3) is 1.00. The van der Waals surface area contributed by atoms with Crippen LogP contribution in [-0.4, -0.2) is 36.5 Å². The van der Waals surface area contributed by atoms with Gasteiger partial charge in [0.2, 0.25) is 0 Å². The van der Waals surface area contributed by atoms with Gasteiger partial charge in [0.05, 0.1) is 0 Å². The van der Waals surface area contributed by atoms with E-state index in [1.807, 2.05) is 0 Å². The third kappa shape index (κ3) is 4.07. The van der Waals surface area contributed by atoms with E-state index in [4.69, 9.17) is 10.2 Å². The Morgan fingerprint density at radius 3 is 2.62 bits per heavy atom. The molecular formula is C10H21NO2. The molecule has 78 valence electrons. The molecule has 13 heavy (non-hydrogen) atoms. The summed E-state index contributed by atoms with van der Waals surface area (Å²) in [6.45, 7) is 2.47. The van der Waals surface area contributed by atoms with E-state index in [2.05, 4.69) is 5.32 Å². The number of nitrogens with one attached hydrogen (secondary N) is 1. The van der Waals surface area contributed by atoms with E-state index in [1.165, 1.54) is 19.3 Å². The Kier molecular flexibility index (Phi) is 5.35. The van der Waals surface area contributed by atoms with Crippen LogP contribution in [0.1, 0.15) is 25.7 Å². The maximum Gasteiger partial charge on any atom is 0.0481 e. The molecular weight excluding hydrogens is 166 g/mol. The highest BCUT2D eigenvalue weighted by atomic mass is 16.3. The molecule has 0 saturated carbocycles. The van der Waals surface area contributed by atoms with Gasteiger partial charge in [-0.2, -0.15) is 0 Å². The van der Waals surface area contributed by atoms with E-state index in [0.29, 0.717) is 5.92 Å². The Hall–Kier alpha value is -0.120. The summed E-state index contributed by atoms with van der Waals surface area (Å²) in [5.41, 5.74) is 0. The van der Waals surface area contributed by atoms with E-state index >= 15 is 0 Å². The second-order valence-corrected chi connectivity index (χ2v) is 4.01. The van der Waals surface area contributed by atoms with Gasteiger partial charge < -0.3 is 15.5 Å². The van der Waals surface area contributed by atoms with Gasteiger partial charge in [-0.15, -0.1) is 0 Å². The highest BCUT2D eigenvalue weighted by Crippen LogP contribution is 2.21. The van der Waals surface area contributed by atoms with Crippen LogP contribution in [0, 0.1) is 11.8 Å². The molecule has 0 aromatic heterocycles. The lowest BCUT2D eigenvalue weighted by Crippen LogP contribution is -2.18. The SMILES string of the molecule is OCC(CO)CC1CCCNCC1. The summed E-state index contributed by atoms with van der Waals surface area (Å²) in [5, 5.41) is 21.3. The lowest BCUT2D eigenvalue weighted by atomic mass is 9.90. The maximum atomic E-state index is 8.95. The van der Waals surface area contributed by atoms with Crippen molar-refractivity contribution in [2.75, 3.05) is 26.3 Å². The molecule has 0 aromatic carbocycles. The summed E-state index contributed by atoms with van der Waals surface area (Å²) in [5.74, 6) is 0.794. The van der Waals surface area contributed by atoms with Crippen molar-refractivity contribution in [2.24, 2.45) is 11.8 Å². The summed E-state index contributed by atoms with van der Waals surface area (Å²) >= 11 is 0. The summed E-state index contributed by atoms with van der Waals surface area (Å²) in [4.78, 5) is 0. The maximum absolute atomic E-state index is 8.95. The van der Waals surface area contributed by atoms with Crippen molar-refractivity contribution in [1.29, 1.82) is 0 Å². The standard InChI is InChI=1S/C10H21NO2/c12-7-10(8-13)6-9-2-1-4-11-5-3-9/h9-13H,1-8H2. The van der Waals surface area contributed by atoms with Gasteiger partial charge in [0, 0.05) is 19.1 Å². The molecule has 0 aromatic rings. The van der Waals surface area contributed by atoms with Gasteiger partial charge in [-0.25, -0.2) is 0 Å². The normalized spacial score (nSPS) is 24.7. The summed E-state index contributed by atoms with van der Waals surface area (Å²) in [6.07, 6.45) is 4.64. The Bertz CT molecular complexity index is 118. The summed E-state index contributed by atoms with van der Waals surface area (Å²) < 4.78 is 0. The Morgan fingerprint density at radius 1 is 1.15 bits per heavy atom. The van der Waals surface area contributed by atoms with E-state index < -0.39 is 0 Å². The van der Waals surface area contributed by atoms with Crippen LogP contribution in [0.5, 0.6) is 0 Å². The predicted octanol–water partition coefficient (Wildman–Crippen LogP) is 0.367. The molecule has 1 atom stereocenters. The second-order valence-electron chi connectivity index (χ2n) is 4.01. The van der Waals surface area contributed by atoms with Crippen LogP contribution in [0.2, 0.25) is 0 Å². The Balaban J connectivity index is 2.24. The zero-order valence-corrected chi connectivity index (χ0v) is 8.21. The van der Waals surface area contributed by atoms with Crippen LogP contribution in [0.3, 0.4) is 0 Å². The number of rotatable bonds is 4. The average Bonchev–Trinajstić information content (AvgIpc) is 2.42. The van der Waals surface area contributed by atoms with Crippen molar-refractivity contribution in [2.45, 2.75) is 25.7 Å². The van der Waals surface area contributed by atoms with Crippen LogP contribution in [0.15, 0.2) is 0 Å². The lowest BCUT2D eigenvalue weighted by molar-refractivity contribution is 0.127.